The van der Waals surface area contributed by atoms with Gasteiger partial charge in [0.1, 0.15) is 6.26 Å². The molecule has 2 fully saturated rings. The minimum atomic E-state index is -0.476. The van der Waals surface area contributed by atoms with Crippen LogP contribution in [0.5, 0.6) is 0 Å². The zero-order valence-corrected chi connectivity index (χ0v) is 12.2. The molecule has 21 heavy (non-hydrogen) atoms. The van der Waals surface area contributed by atoms with Crippen LogP contribution >= 0.6 is 0 Å². The number of ether oxygens (including phenoxy) is 2. The fourth-order valence-electron chi connectivity index (χ4n) is 2.73. The minimum Gasteiger partial charge on any atom is -0.446 e. The standard InChI is InChI=1S/C14H21N3O4/c1-2-10(15)12-16-11(9-19-12)13(18)17-5-3-14(4-6-17)20-7-8-21-14/h9-10H,2-8,15H2,1H3. The monoisotopic (exact) mass is 295 g/mol. The summed E-state index contributed by atoms with van der Waals surface area (Å²) >= 11 is 0. The van der Waals surface area contributed by atoms with Gasteiger partial charge in [0, 0.05) is 25.9 Å². The van der Waals surface area contributed by atoms with Gasteiger partial charge in [-0.25, -0.2) is 4.98 Å². The van der Waals surface area contributed by atoms with E-state index in [0.29, 0.717) is 50.7 Å². The predicted octanol–water partition coefficient (Wildman–Crippen LogP) is 1.06. The molecule has 3 heterocycles. The van der Waals surface area contributed by atoms with Gasteiger partial charge < -0.3 is 24.5 Å². The molecule has 1 amide bonds. The molecule has 2 aliphatic heterocycles. The van der Waals surface area contributed by atoms with Gasteiger partial charge in [0.15, 0.2) is 11.5 Å². The van der Waals surface area contributed by atoms with E-state index in [1.165, 1.54) is 6.26 Å². The van der Waals surface area contributed by atoms with Gasteiger partial charge in [0.2, 0.25) is 5.89 Å². The van der Waals surface area contributed by atoms with Crippen LogP contribution in [0.25, 0.3) is 0 Å². The van der Waals surface area contributed by atoms with Gasteiger partial charge in [-0.2, -0.15) is 0 Å². The largest absolute Gasteiger partial charge is 0.446 e. The van der Waals surface area contributed by atoms with Gasteiger partial charge in [0.25, 0.3) is 5.91 Å². The number of nitrogens with zero attached hydrogens (tertiary/aromatic N) is 2. The summed E-state index contributed by atoms with van der Waals surface area (Å²) in [5, 5.41) is 0. The van der Waals surface area contributed by atoms with Crippen molar-refractivity contribution in [3.8, 4) is 0 Å². The van der Waals surface area contributed by atoms with Gasteiger partial charge >= 0.3 is 0 Å². The molecule has 1 spiro atoms. The summed E-state index contributed by atoms with van der Waals surface area (Å²) in [5.74, 6) is -0.186. The number of likely N-dealkylation sites (tertiary alicyclic amines) is 1. The number of piperidine rings is 1. The first-order valence-electron chi connectivity index (χ1n) is 7.42. The minimum absolute atomic E-state index is 0.124. The summed E-state index contributed by atoms with van der Waals surface area (Å²) < 4.78 is 16.6. The number of carbonyl (C=O) groups excluding carboxylic acids is 1. The normalized spacial score (nSPS) is 22.7. The highest BCUT2D eigenvalue weighted by molar-refractivity contribution is 5.92. The van der Waals surface area contributed by atoms with Crippen LogP contribution in [0.15, 0.2) is 10.7 Å². The van der Waals surface area contributed by atoms with Crippen molar-refractivity contribution in [2.24, 2.45) is 5.73 Å². The summed E-state index contributed by atoms with van der Waals surface area (Å²) in [6, 6.07) is -0.267. The zero-order valence-electron chi connectivity index (χ0n) is 12.2. The van der Waals surface area contributed by atoms with Crippen LogP contribution in [-0.2, 0) is 9.47 Å². The van der Waals surface area contributed by atoms with Gasteiger partial charge in [-0.3, -0.25) is 4.79 Å². The molecule has 0 radical (unpaired) electrons. The maximum absolute atomic E-state index is 12.4. The van der Waals surface area contributed by atoms with E-state index in [1.807, 2.05) is 6.92 Å². The van der Waals surface area contributed by atoms with Crippen LogP contribution < -0.4 is 5.73 Å². The molecule has 7 heteroatoms. The highest BCUT2D eigenvalue weighted by Gasteiger charge is 2.41. The highest BCUT2D eigenvalue weighted by atomic mass is 16.7. The molecule has 0 aliphatic carbocycles. The average Bonchev–Trinajstić information content (AvgIpc) is 3.16. The van der Waals surface area contributed by atoms with Crippen LogP contribution in [-0.4, -0.2) is 47.9 Å². The Hall–Kier alpha value is -1.44. The number of oxazole rings is 1. The van der Waals surface area contributed by atoms with Crippen LogP contribution in [0.1, 0.15) is 48.6 Å². The molecule has 2 aliphatic rings. The van der Waals surface area contributed by atoms with E-state index in [0.717, 1.165) is 6.42 Å². The summed E-state index contributed by atoms with van der Waals surface area (Å²) in [5.41, 5.74) is 6.17. The molecule has 2 N–H and O–H groups in total. The number of aromatic nitrogens is 1. The van der Waals surface area contributed by atoms with Crippen molar-refractivity contribution in [1.29, 1.82) is 0 Å². The molecule has 1 unspecified atom stereocenters. The molecular weight excluding hydrogens is 274 g/mol. The van der Waals surface area contributed by atoms with E-state index in [1.54, 1.807) is 4.90 Å². The molecule has 0 bridgehead atoms. The molecular formula is C14H21N3O4. The summed E-state index contributed by atoms with van der Waals surface area (Å²) in [4.78, 5) is 18.4. The van der Waals surface area contributed by atoms with E-state index in [9.17, 15) is 4.79 Å². The Morgan fingerprint density at radius 1 is 1.43 bits per heavy atom. The maximum atomic E-state index is 12.4. The first-order valence-corrected chi connectivity index (χ1v) is 7.42. The Morgan fingerprint density at radius 2 is 2.10 bits per heavy atom. The van der Waals surface area contributed by atoms with E-state index in [4.69, 9.17) is 19.6 Å². The zero-order chi connectivity index (χ0) is 14.9. The van der Waals surface area contributed by atoms with Gasteiger partial charge in [-0.1, -0.05) is 6.92 Å². The third kappa shape index (κ3) is 2.81. The molecule has 0 saturated carbocycles. The number of rotatable bonds is 3. The van der Waals surface area contributed by atoms with Gasteiger partial charge in [-0.15, -0.1) is 0 Å². The molecule has 1 aromatic rings. The first-order chi connectivity index (χ1) is 10.1. The third-order valence-electron chi connectivity index (χ3n) is 4.12. The number of nitrogens with two attached hydrogens (primary N) is 1. The lowest BCUT2D eigenvalue weighted by Gasteiger charge is -2.37. The highest BCUT2D eigenvalue weighted by Crippen LogP contribution is 2.31. The van der Waals surface area contributed by atoms with Crippen LogP contribution in [0.2, 0.25) is 0 Å². The summed E-state index contributed by atoms with van der Waals surface area (Å²) in [6.45, 7) is 4.41. The van der Waals surface area contributed by atoms with Crippen molar-refractivity contribution >= 4 is 5.91 Å². The second-order valence-corrected chi connectivity index (χ2v) is 5.49. The second-order valence-electron chi connectivity index (χ2n) is 5.49. The predicted molar refractivity (Wildman–Crippen MR) is 73.5 cm³/mol. The van der Waals surface area contributed by atoms with Crippen molar-refractivity contribution in [2.45, 2.75) is 38.0 Å². The number of hydrogen-bond donors (Lipinski definition) is 1. The van der Waals surface area contributed by atoms with Gasteiger partial charge in [0.05, 0.1) is 19.3 Å². The Kier molecular flexibility index (Phi) is 3.97. The fourth-order valence-corrected chi connectivity index (χ4v) is 2.73. The van der Waals surface area contributed by atoms with E-state index >= 15 is 0 Å². The Balaban J connectivity index is 1.62. The molecule has 3 rings (SSSR count). The quantitative estimate of drug-likeness (QED) is 0.896. The van der Waals surface area contributed by atoms with E-state index in [2.05, 4.69) is 4.98 Å². The third-order valence-corrected chi connectivity index (χ3v) is 4.12. The van der Waals surface area contributed by atoms with Crippen molar-refractivity contribution < 1.29 is 18.7 Å². The second kappa shape index (κ2) is 5.75. The van der Waals surface area contributed by atoms with Crippen molar-refractivity contribution in [3.05, 3.63) is 17.8 Å². The molecule has 1 aromatic heterocycles. The average molecular weight is 295 g/mol. The lowest BCUT2D eigenvalue weighted by molar-refractivity contribution is -0.181. The van der Waals surface area contributed by atoms with Crippen LogP contribution in [0, 0.1) is 0 Å². The Morgan fingerprint density at radius 3 is 2.71 bits per heavy atom. The van der Waals surface area contributed by atoms with Crippen molar-refractivity contribution in [3.63, 3.8) is 0 Å². The Labute approximate surface area is 123 Å². The van der Waals surface area contributed by atoms with E-state index in [-0.39, 0.29) is 11.9 Å². The molecule has 2 saturated heterocycles. The number of carbonyl (C=O) groups is 1. The SMILES string of the molecule is CCC(N)c1nc(C(=O)N2CCC3(CC2)OCCO3)co1. The molecule has 7 nitrogen and oxygen atoms in total. The number of hydrogen-bond acceptors (Lipinski definition) is 6. The maximum Gasteiger partial charge on any atom is 0.275 e. The Bertz CT molecular complexity index is 500. The lowest BCUT2D eigenvalue weighted by Crippen LogP contribution is -2.47. The van der Waals surface area contributed by atoms with Gasteiger partial charge in [-0.05, 0) is 6.42 Å². The van der Waals surface area contributed by atoms with Crippen molar-refractivity contribution in [2.75, 3.05) is 26.3 Å². The van der Waals surface area contributed by atoms with E-state index < -0.39 is 5.79 Å². The van der Waals surface area contributed by atoms with Crippen LogP contribution in [0.3, 0.4) is 0 Å². The fraction of sp³-hybridized carbons (Fsp3) is 0.714. The molecule has 116 valence electrons. The topological polar surface area (TPSA) is 90.8 Å². The van der Waals surface area contributed by atoms with Crippen LogP contribution in [0.4, 0.5) is 0 Å². The molecule has 1 atom stereocenters. The smallest absolute Gasteiger partial charge is 0.275 e. The number of amides is 1. The first kappa shape index (κ1) is 14.5. The van der Waals surface area contributed by atoms with Crippen molar-refractivity contribution in [1.82, 2.24) is 9.88 Å². The molecule has 0 aromatic carbocycles. The summed E-state index contributed by atoms with van der Waals surface area (Å²) in [7, 11) is 0. The lowest BCUT2D eigenvalue weighted by atomic mass is 10.0. The summed E-state index contributed by atoms with van der Waals surface area (Å²) in [6.07, 6.45) is 3.49.